The molecule has 0 spiro atoms. The van der Waals surface area contributed by atoms with Crippen LogP contribution in [0.15, 0.2) is 18.6 Å². The van der Waals surface area contributed by atoms with Gasteiger partial charge in [-0.15, -0.1) is 0 Å². The van der Waals surface area contributed by atoms with Gasteiger partial charge in [0.1, 0.15) is 5.69 Å². The lowest BCUT2D eigenvalue weighted by Crippen LogP contribution is -2.00. The van der Waals surface area contributed by atoms with Crippen LogP contribution in [0.1, 0.15) is 35.7 Å². The van der Waals surface area contributed by atoms with Gasteiger partial charge in [-0.2, -0.15) is 5.10 Å². The van der Waals surface area contributed by atoms with Gasteiger partial charge in [0.25, 0.3) is 0 Å². The zero-order valence-electron chi connectivity index (χ0n) is 9.51. The molecule has 2 N–H and O–H groups in total. The molecule has 0 aliphatic rings. The molecule has 0 aliphatic heterocycles. The molecule has 0 aliphatic carbocycles. The minimum absolute atomic E-state index is 0.0652. The van der Waals surface area contributed by atoms with E-state index in [1.165, 1.54) is 12.4 Å². The van der Waals surface area contributed by atoms with Crippen molar-refractivity contribution in [3.63, 3.8) is 0 Å². The zero-order valence-corrected chi connectivity index (χ0v) is 9.51. The Morgan fingerprint density at radius 1 is 1.35 bits per heavy atom. The summed E-state index contributed by atoms with van der Waals surface area (Å²) in [6.07, 6.45) is 4.36. The molecule has 2 rings (SSSR count). The number of rotatable bonds is 3. The number of carbonyl (C=O) groups is 1. The summed E-state index contributed by atoms with van der Waals surface area (Å²) in [6.45, 7) is 4.08. The second kappa shape index (κ2) is 4.32. The maximum atomic E-state index is 10.7. The fourth-order valence-electron chi connectivity index (χ4n) is 1.48. The van der Waals surface area contributed by atoms with Gasteiger partial charge in [-0.3, -0.25) is 5.10 Å². The third-order valence-corrected chi connectivity index (χ3v) is 2.40. The summed E-state index contributed by atoms with van der Waals surface area (Å²) >= 11 is 0. The van der Waals surface area contributed by atoms with Crippen LogP contribution in [0.2, 0.25) is 0 Å². The van der Waals surface area contributed by atoms with Crippen molar-refractivity contribution in [1.82, 2.24) is 20.2 Å². The molecule has 17 heavy (non-hydrogen) atoms. The van der Waals surface area contributed by atoms with Crippen LogP contribution in [-0.2, 0) is 0 Å². The third-order valence-electron chi connectivity index (χ3n) is 2.40. The molecule has 0 saturated heterocycles. The molecule has 6 nitrogen and oxygen atoms in total. The van der Waals surface area contributed by atoms with Crippen molar-refractivity contribution in [3.8, 4) is 11.5 Å². The van der Waals surface area contributed by atoms with Crippen molar-refractivity contribution < 1.29 is 9.90 Å². The molecule has 6 heteroatoms. The Hall–Kier alpha value is -2.24. The van der Waals surface area contributed by atoms with Crippen LogP contribution in [-0.4, -0.2) is 31.2 Å². The van der Waals surface area contributed by atoms with Gasteiger partial charge in [0.2, 0.25) is 0 Å². The maximum Gasteiger partial charge on any atom is 0.338 e. The Kier molecular flexibility index (Phi) is 2.86. The monoisotopic (exact) mass is 232 g/mol. The van der Waals surface area contributed by atoms with Crippen molar-refractivity contribution in [2.45, 2.75) is 19.8 Å². The van der Waals surface area contributed by atoms with Gasteiger partial charge in [-0.1, -0.05) is 13.8 Å². The second-order valence-corrected chi connectivity index (χ2v) is 3.94. The Labute approximate surface area is 97.7 Å². The summed E-state index contributed by atoms with van der Waals surface area (Å²) in [5, 5.41) is 15.6. The molecule has 0 aromatic carbocycles. The number of carboxylic acid groups (broad SMARTS) is 1. The molecule has 0 saturated carbocycles. The number of nitrogens with one attached hydrogen (secondary N) is 1. The minimum Gasteiger partial charge on any atom is -0.478 e. The summed E-state index contributed by atoms with van der Waals surface area (Å²) in [7, 11) is 0. The highest BCUT2D eigenvalue weighted by Crippen LogP contribution is 2.23. The van der Waals surface area contributed by atoms with Crippen LogP contribution < -0.4 is 0 Å². The maximum absolute atomic E-state index is 10.7. The highest BCUT2D eigenvalue weighted by atomic mass is 16.4. The predicted octanol–water partition coefficient (Wildman–Crippen LogP) is 1.69. The van der Waals surface area contributed by atoms with Crippen LogP contribution >= 0.6 is 0 Å². The first-order chi connectivity index (χ1) is 8.09. The normalized spacial score (nSPS) is 10.8. The lowest BCUT2D eigenvalue weighted by molar-refractivity contribution is 0.0696. The molecule has 2 aromatic rings. The van der Waals surface area contributed by atoms with E-state index in [1.807, 2.05) is 13.8 Å². The standard InChI is InChI=1S/C11H12N4O2/c1-6(2)8-5-14-15-9(8)10-12-3-7(4-13-10)11(16)17/h3-6H,1-2H3,(H,14,15)(H,16,17). The molecule has 0 amide bonds. The Morgan fingerprint density at radius 3 is 2.53 bits per heavy atom. The van der Waals surface area contributed by atoms with Crippen molar-refractivity contribution >= 4 is 5.97 Å². The average molecular weight is 232 g/mol. The molecule has 0 atom stereocenters. The largest absolute Gasteiger partial charge is 0.478 e. The van der Waals surface area contributed by atoms with E-state index in [2.05, 4.69) is 20.2 Å². The molecule has 0 fully saturated rings. The number of hydrogen-bond donors (Lipinski definition) is 2. The quantitative estimate of drug-likeness (QED) is 0.840. The number of aromatic nitrogens is 4. The summed E-state index contributed by atoms with van der Waals surface area (Å²) in [4.78, 5) is 18.7. The second-order valence-electron chi connectivity index (χ2n) is 3.94. The van der Waals surface area contributed by atoms with Gasteiger partial charge in [0.15, 0.2) is 5.82 Å². The zero-order chi connectivity index (χ0) is 12.4. The van der Waals surface area contributed by atoms with E-state index in [4.69, 9.17) is 5.11 Å². The fraction of sp³-hybridized carbons (Fsp3) is 0.273. The summed E-state index contributed by atoms with van der Waals surface area (Å²) in [5.74, 6) is -0.311. The van der Waals surface area contributed by atoms with Crippen LogP contribution in [0.5, 0.6) is 0 Å². The highest BCUT2D eigenvalue weighted by Gasteiger charge is 2.14. The number of hydrogen-bond acceptors (Lipinski definition) is 4. The van der Waals surface area contributed by atoms with Crippen molar-refractivity contribution in [3.05, 3.63) is 29.7 Å². The van der Waals surface area contributed by atoms with E-state index in [0.717, 1.165) is 5.56 Å². The van der Waals surface area contributed by atoms with E-state index >= 15 is 0 Å². The van der Waals surface area contributed by atoms with E-state index in [-0.39, 0.29) is 5.56 Å². The number of aromatic amines is 1. The van der Waals surface area contributed by atoms with Crippen LogP contribution in [0.4, 0.5) is 0 Å². The summed E-state index contributed by atoms with van der Waals surface area (Å²) in [6, 6.07) is 0. The van der Waals surface area contributed by atoms with Crippen molar-refractivity contribution in [2.75, 3.05) is 0 Å². The van der Waals surface area contributed by atoms with E-state index in [1.54, 1.807) is 6.20 Å². The smallest absolute Gasteiger partial charge is 0.338 e. The SMILES string of the molecule is CC(C)c1c[nH]nc1-c1ncc(C(=O)O)cn1. The molecule has 0 bridgehead atoms. The molecule has 2 heterocycles. The molecular weight excluding hydrogens is 220 g/mol. The Morgan fingerprint density at radius 2 is 2.00 bits per heavy atom. The summed E-state index contributed by atoms with van der Waals surface area (Å²) in [5.41, 5.74) is 1.74. The highest BCUT2D eigenvalue weighted by molar-refractivity contribution is 5.86. The molecular formula is C11H12N4O2. The predicted molar refractivity (Wildman–Crippen MR) is 60.7 cm³/mol. The third kappa shape index (κ3) is 2.15. The first kappa shape index (κ1) is 11.3. The van der Waals surface area contributed by atoms with Gasteiger partial charge < -0.3 is 5.11 Å². The number of aromatic carboxylic acids is 1. The lowest BCUT2D eigenvalue weighted by atomic mass is 10.0. The minimum atomic E-state index is -1.04. The van der Waals surface area contributed by atoms with Gasteiger partial charge in [-0.25, -0.2) is 14.8 Å². The first-order valence-corrected chi connectivity index (χ1v) is 5.19. The Balaban J connectivity index is 2.40. The van der Waals surface area contributed by atoms with E-state index in [9.17, 15) is 4.79 Å². The average Bonchev–Trinajstić information content (AvgIpc) is 2.78. The van der Waals surface area contributed by atoms with Crippen LogP contribution in [0.3, 0.4) is 0 Å². The topological polar surface area (TPSA) is 91.8 Å². The van der Waals surface area contributed by atoms with Gasteiger partial charge in [-0.05, 0) is 5.92 Å². The molecule has 88 valence electrons. The Bertz CT molecular complexity index is 531. The number of carboxylic acids is 1. The van der Waals surface area contributed by atoms with Gasteiger partial charge >= 0.3 is 5.97 Å². The van der Waals surface area contributed by atoms with Crippen molar-refractivity contribution in [2.24, 2.45) is 0 Å². The van der Waals surface area contributed by atoms with Gasteiger partial charge in [0.05, 0.1) is 5.56 Å². The molecule has 0 unspecified atom stereocenters. The molecule has 0 radical (unpaired) electrons. The lowest BCUT2D eigenvalue weighted by Gasteiger charge is -2.03. The van der Waals surface area contributed by atoms with Gasteiger partial charge in [0, 0.05) is 24.2 Å². The number of nitrogens with zero attached hydrogens (tertiary/aromatic N) is 3. The van der Waals surface area contributed by atoms with Crippen LogP contribution in [0, 0.1) is 0 Å². The first-order valence-electron chi connectivity index (χ1n) is 5.19. The number of H-pyrrole nitrogens is 1. The molecule has 2 aromatic heterocycles. The fourth-order valence-corrected chi connectivity index (χ4v) is 1.48. The van der Waals surface area contributed by atoms with Crippen molar-refractivity contribution in [1.29, 1.82) is 0 Å². The van der Waals surface area contributed by atoms with E-state index in [0.29, 0.717) is 17.4 Å². The van der Waals surface area contributed by atoms with Crippen LogP contribution in [0.25, 0.3) is 11.5 Å². The summed E-state index contributed by atoms with van der Waals surface area (Å²) < 4.78 is 0. The van der Waals surface area contributed by atoms with E-state index < -0.39 is 5.97 Å².